The maximum Gasteiger partial charge on any atom is 0.259 e. The van der Waals surface area contributed by atoms with E-state index in [1.54, 1.807) is 25.1 Å². The van der Waals surface area contributed by atoms with Gasteiger partial charge in [-0.1, -0.05) is 12.1 Å². The summed E-state index contributed by atoms with van der Waals surface area (Å²) >= 11 is 0. The number of piperidine rings is 1. The van der Waals surface area contributed by atoms with E-state index >= 15 is 0 Å². The topological polar surface area (TPSA) is 80.0 Å². The molecule has 1 aromatic carbocycles. The van der Waals surface area contributed by atoms with Crippen LogP contribution < -0.4 is 10.6 Å². The molecule has 6 nitrogen and oxygen atoms in total. The molecule has 0 atom stereocenters. The Balaban J connectivity index is 1.67. The van der Waals surface area contributed by atoms with Gasteiger partial charge in [-0.2, -0.15) is 0 Å². The minimum Gasteiger partial charge on any atom is -0.351 e. The quantitative estimate of drug-likeness (QED) is 0.722. The molecule has 1 amide bonds. The van der Waals surface area contributed by atoms with Crippen LogP contribution in [-0.4, -0.2) is 35.7 Å². The lowest BCUT2D eigenvalue weighted by molar-refractivity contribution is 0.0924. The first kappa shape index (κ1) is 18.6. The van der Waals surface area contributed by atoms with Gasteiger partial charge in [-0.3, -0.25) is 4.79 Å². The number of aryl methyl sites for hydroxylation is 1. The second kappa shape index (κ2) is 7.31. The van der Waals surface area contributed by atoms with Crippen molar-refractivity contribution in [3.8, 4) is 11.3 Å². The van der Waals surface area contributed by atoms with Crippen molar-refractivity contribution in [1.29, 1.82) is 0 Å². The summed E-state index contributed by atoms with van der Waals surface area (Å²) in [5.74, 6) is -0.504. The summed E-state index contributed by atoms with van der Waals surface area (Å²) in [5, 5.41) is 11.0. The third-order valence-corrected chi connectivity index (χ3v) is 5.49. The molecule has 0 spiro atoms. The molecule has 1 aliphatic heterocycles. The van der Waals surface area contributed by atoms with Crippen molar-refractivity contribution >= 4 is 17.0 Å². The number of carbonyl (C=O) groups excluding carboxylic acids is 1. The van der Waals surface area contributed by atoms with E-state index in [-0.39, 0.29) is 17.1 Å². The summed E-state index contributed by atoms with van der Waals surface area (Å²) in [4.78, 5) is 17.5. The first-order valence-electron chi connectivity index (χ1n) is 9.47. The number of hydrogen-bond acceptors (Lipinski definition) is 5. The van der Waals surface area contributed by atoms with Gasteiger partial charge in [-0.05, 0) is 68.6 Å². The van der Waals surface area contributed by atoms with Gasteiger partial charge in [0.15, 0.2) is 0 Å². The number of hydrogen-bond donors (Lipinski definition) is 2. The van der Waals surface area contributed by atoms with Crippen LogP contribution in [0, 0.1) is 18.2 Å². The van der Waals surface area contributed by atoms with Crippen molar-refractivity contribution in [3.63, 3.8) is 0 Å². The number of nitrogens with zero attached hydrogens (tertiary/aromatic N) is 2. The van der Waals surface area contributed by atoms with Crippen LogP contribution in [-0.2, 0) is 0 Å². The van der Waals surface area contributed by atoms with Gasteiger partial charge in [0, 0.05) is 12.1 Å². The van der Waals surface area contributed by atoms with Crippen LogP contribution in [0.1, 0.15) is 35.8 Å². The van der Waals surface area contributed by atoms with Gasteiger partial charge in [0.25, 0.3) is 11.6 Å². The van der Waals surface area contributed by atoms with Gasteiger partial charge < -0.3 is 15.2 Å². The Morgan fingerprint density at radius 1 is 1.29 bits per heavy atom. The highest BCUT2D eigenvalue weighted by molar-refractivity contribution is 6.07. The maximum atomic E-state index is 13.3. The van der Waals surface area contributed by atoms with E-state index in [0.717, 1.165) is 25.9 Å². The summed E-state index contributed by atoms with van der Waals surface area (Å²) in [6.45, 7) is 6.52. The van der Waals surface area contributed by atoms with Crippen molar-refractivity contribution in [1.82, 2.24) is 20.8 Å². The molecule has 2 aromatic heterocycles. The Morgan fingerprint density at radius 2 is 2.00 bits per heavy atom. The standard InChI is InChI=1S/C21H23FN4O2/c1-13-18-16(19(27)24-12-21(2)7-9-23-10-8-21)11-17(25-20(18)28-26-13)14-3-5-15(22)6-4-14/h3-6,11,23H,7-10,12H2,1-2H3,(H,24,27). The molecule has 3 aromatic rings. The maximum absolute atomic E-state index is 13.3. The van der Waals surface area contributed by atoms with E-state index < -0.39 is 0 Å². The average Bonchev–Trinajstić information content (AvgIpc) is 3.08. The zero-order chi connectivity index (χ0) is 19.7. The van der Waals surface area contributed by atoms with Crippen LogP contribution in [0.5, 0.6) is 0 Å². The Morgan fingerprint density at radius 3 is 2.71 bits per heavy atom. The van der Waals surface area contributed by atoms with E-state index in [0.29, 0.717) is 40.2 Å². The number of nitrogens with one attached hydrogen (secondary N) is 2. The highest BCUT2D eigenvalue weighted by atomic mass is 19.1. The monoisotopic (exact) mass is 382 g/mol. The van der Waals surface area contributed by atoms with Crippen LogP contribution in [0.3, 0.4) is 0 Å². The molecule has 2 N–H and O–H groups in total. The first-order valence-corrected chi connectivity index (χ1v) is 9.47. The Labute approximate surface area is 162 Å². The normalized spacial score (nSPS) is 16.2. The van der Waals surface area contributed by atoms with E-state index in [4.69, 9.17) is 4.52 Å². The van der Waals surface area contributed by atoms with Crippen LogP contribution >= 0.6 is 0 Å². The third kappa shape index (κ3) is 3.62. The molecule has 28 heavy (non-hydrogen) atoms. The number of pyridine rings is 1. The number of benzene rings is 1. The highest BCUT2D eigenvalue weighted by Gasteiger charge is 2.28. The SMILES string of the molecule is Cc1noc2nc(-c3ccc(F)cc3)cc(C(=O)NCC3(C)CCNCC3)c12. The van der Waals surface area contributed by atoms with Crippen LogP contribution in [0.15, 0.2) is 34.9 Å². The molecule has 3 heterocycles. The first-order chi connectivity index (χ1) is 13.5. The lowest BCUT2D eigenvalue weighted by atomic mass is 9.81. The van der Waals surface area contributed by atoms with Crippen LogP contribution in [0.2, 0.25) is 0 Å². The van der Waals surface area contributed by atoms with Gasteiger partial charge in [0.05, 0.1) is 22.3 Å². The predicted octanol–water partition coefficient (Wildman–Crippen LogP) is 3.46. The summed E-state index contributed by atoms with van der Waals surface area (Å²) in [6, 6.07) is 7.71. The summed E-state index contributed by atoms with van der Waals surface area (Å²) in [7, 11) is 0. The van der Waals surface area contributed by atoms with Gasteiger partial charge in [0.2, 0.25) is 0 Å². The second-order valence-electron chi connectivity index (χ2n) is 7.75. The third-order valence-electron chi connectivity index (χ3n) is 5.49. The molecule has 0 bridgehead atoms. The lowest BCUT2D eigenvalue weighted by Crippen LogP contribution is -2.42. The molecule has 7 heteroatoms. The van der Waals surface area contributed by atoms with E-state index in [1.807, 2.05) is 0 Å². The number of fused-ring (bicyclic) bond motifs is 1. The van der Waals surface area contributed by atoms with Crippen molar-refractivity contribution in [2.45, 2.75) is 26.7 Å². The Hall–Kier alpha value is -2.80. The minimum absolute atomic E-state index is 0.0799. The molecule has 1 fully saturated rings. The number of aromatic nitrogens is 2. The smallest absolute Gasteiger partial charge is 0.259 e. The number of amides is 1. The molecular formula is C21H23FN4O2. The van der Waals surface area contributed by atoms with Gasteiger partial charge >= 0.3 is 0 Å². The molecule has 1 aliphatic rings. The van der Waals surface area contributed by atoms with E-state index in [1.165, 1.54) is 12.1 Å². The predicted molar refractivity (Wildman–Crippen MR) is 104 cm³/mol. The van der Waals surface area contributed by atoms with E-state index in [9.17, 15) is 9.18 Å². The highest BCUT2D eigenvalue weighted by Crippen LogP contribution is 2.29. The molecule has 4 rings (SSSR count). The number of halogens is 1. The second-order valence-corrected chi connectivity index (χ2v) is 7.75. The van der Waals surface area contributed by atoms with Crippen molar-refractivity contribution in [2.75, 3.05) is 19.6 Å². The van der Waals surface area contributed by atoms with Crippen LogP contribution in [0.4, 0.5) is 4.39 Å². The van der Waals surface area contributed by atoms with Crippen molar-refractivity contribution < 1.29 is 13.7 Å². The molecule has 0 aliphatic carbocycles. The van der Waals surface area contributed by atoms with Crippen molar-refractivity contribution in [2.24, 2.45) is 5.41 Å². The van der Waals surface area contributed by atoms with Gasteiger partial charge in [0.1, 0.15) is 5.82 Å². The fraction of sp³-hybridized carbons (Fsp3) is 0.381. The van der Waals surface area contributed by atoms with Crippen molar-refractivity contribution in [3.05, 3.63) is 47.4 Å². The summed E-state index contributed by atoms with van der Waals surface area (Å²) < 4.78 is 18.6. The van der Waals surface area contributed by atoms with E-state index in [2.05, 4.69) is 27.7 Å². The molecule has 0 unspecified atom stereocenters. The number of rotatable bonds is 4. The lowest BCUT2D eigenvalue weighted by Gasteiger charge is -2.34. The summed E-state index contributed by atoms with van der Waals surface area (Å²) in [6.07, 6.45) is 2.04. The fourth-order valence-corrected chi connectivity index (χ4v) is 3.64. The summed E-state index contributed by atoms with van der Waals surface area (Å²) in [5.41, 5.74) is 2.72. The number of carbonyl (C=O) groups is 1. The zero-order valence-corrected chi connectivity index (χ0v) is 16.0. The fourth-order valence-electron chi connectivity index (χ4n) is 3.64. The van der Waals surface area contributed by atoms with Gasteiger partial charge in [-0.25, -0.2) is 9.37 Å². The molecule has 0 radical (unpaired) electrons. The molecule has 0 saturated carbocycles. The van der Waals surface area contributed by atoms with Crippen LogP contribution in [0.25, 0.3) is 22.4 Å². The van der Waals surface area contributed by atoms with Gasteiger partial charge in [-0.15, -0.1) is 0 Å². The minimum atomic E-state index is -0.325. The Kier molecular flexibility index (Phi) is 4.85. The molecule has 1 saturated heterocycles. The Bertz CT molecular complexity index is 1010. The molecule has 146 valence electrons. The average molecular weight is 382 g/mol. The molecular weight excluding hydrogens is 359 g/mol. The largest absolute Gasteiger partial charge is 0.351 e. The zero-order valence-electron chi connectivity index (χ0n) is 16.0.